The third-order valence-corrected chi connectivity index (χ3v) is 21.1. The van der Waals surface area contributed by atoms with Gasteiger partial charge in [-0.25, -0.2) is 9.98 Å². The molecule has 0 saturated carbocycles. The van der Waals surface area contributed by atoms with Crippen LogP contribution in [0.15, 0.2) is 296 Å². The number of benzene rings is 13. The third-order valence-electron chi connectivity index (χ3n) is 18.8. The summed E-state index contributed by atoms with van der Waals surface area (Å²) in [5.41, 5.74) is 22.1. The van der Waals surface area contributed by atoms with Crippen molar-refractivity contribution in [3.05, 3.63) is 313 Å². The standard InChI is InChI=1S/C85H57N5S2/c1-51-43-61(54(4)87-85(56-21-9-6-10-22-56)86-53(3)55-19-7-5-8-20-55)44-52(2)84(51)90-78-47-59(57-33-39-80-70(45-57)72-49-62(35-41-82(72)91-80)88-74-27-15-11-23-64(74)65-24-12-16-28-75(65)88)31-37-68(78)69-38-32-60(48-79(69)90)58-34-40-81-71(46-58)73-50-63(36-42-83(73)92-81)89-76-29-17-13-25-66(76)67-26-14-18-30-77(67)89/h5-50H,3H2,1-2,4H3. The van der Waals surface area contributed by atoms with Crippen LogP contribution in [0.2, 0.25) is 0 Å². The summed E-state index contributed by atoms with van der Waals surface area (Å²) in [5, 5.41) is 12.5. The molecule has 7 heteroatoms. The topological polar surface area (TPSA) is 39.5 Å². The molecule has 0 aliphatic rings. The zero-order valence-corrected chi connectivity index (χ0v) is 52.5. The summed E-state index contributed by atoms with van der Waals surface area (Å²) in [6.45, 7) is 11.0. The average Bonchev–Trinajstić information content (AvgIpc) is 1.60. The Labute approximate surface area is 539 Å². The van der Waals surface area contributed by atoms with Gasteiger partial charge in [0.1, 0.15) is 0 Å². The summed E-state index contributed by atoms with van der Waals surface area (Å²) in [4.78, 5) is 10.4. The lowest BCUT2D eigenvalue weighted by atomic mass is 9.99. The second kappa shape index (κ2) is 21.2. The van der Waals surface area contributed by atoms with E-state index in [2.05, 4.69) is 272 Å². The summed E-state index contributed by atoms with van der Waals surface area (Å²) < 4.78 is 12.5. The Balaban J connectivity index is 0.795. The van der Waals surface area contributed by atoms with Crippen molar-refractivity contribution in [2.45, 2.75) is 20.8 Å². The maximum Gasteiger partial charge on any atom is 0.160 e. The number of para-hydroxylation sites is 4. The van der Waals surface area contributed by atoms with Crippen molar-refractivity contribution in [3.8, 4) is 39.3 Å². The van der Waals surface area contributed by atoms with Gasteiger partial charge in [-0.05, 0) is 174 Å². The first-order chi connectivity index (χ1) is 45.2. The van der Waals surface area contributed by atoms with Crippen LogP contribution in [0.25, 0.3) is 151 Å². The molecule has 18 aromatic rings. The Hall–Kier alpha value is -11.2. The van der Waals surface area contributed by atoms with Gasteiger partial charge in [-0.3, -0.25) is 0 Å². The van der Waals surface area contributed by atoms with Crippen molar-refractivity contribution in [1.29, 1.82) is 0 Å². The quantitative estimate of drug-likeness (QED) is 0.102. The van der Waals surface area contributed by atoms with Gasteiger partial charge in [0.2, 0.25) is 0 Å². The van der Waals surface area contributed by atoms with E-state index in [1.54, 1.807) is 0 Å². The van der Waals surface area contributed by atoms with E-state index in [0.717, 1.165) is 72.8 Å². The fourth-order valence-electron chi connectivity index (χ4n) is 14.5. The molecule has 0 radical (unpaired) electrons. The molecule has 92 heavy (non-hydrogen) atoms. The van der Waals surface area contributed by atoms with Crippen molar-refractivity contribution in [2.75, 3.05) is 0 Å². The highest BCUT2D eigenvalue weighted by atomic mass is 32.1. The number of hydrogen-bond donors (Lipinski definition) is 0. The van der Waals surface area contributed by atoms with Crippen LogP contribution in [0.1, 0.15) is 34.7 Å². The lowest BCUT2D eigenvalue weighted by Gasteiger charge is -2.17. The number of rotatable bonds is 9. The van der Waals surface area contributed by atoms with Crippen LogP contribution in [-0.2, 0) is 0 Å². The molecule has 0 aliphatic heterocycles. The van der Waals surface area contributed by atoms with E-state index >= 15 is 0 Å². The minimum Gasteiger partial charge on any atom is -0.309 e. The Morgan fingerprint density at radius 1 is 0.304 bits per heavy atom. The molecule has 0 saturated heterocycles. The first-order valence-corrected chi connectivity index (χ1v) is 32.9. The lowest BCUT2D eigenvalue weighted by molar-refractivity contribution is 1.12. The monoisotopic (exact) mass is 1210 g/mol. The molecule has 13 aromatic carbocycles. The van der Waals surface area contributed by atoms with Gasteiger partial charge >= 0.3 is 0 Å². The number of aryl methyl sites for hydroxylation is 2. The zero-order valence-electron chi connectivity index (χ0n) is 50.8. The number of amidine groups is 1. The van der Waals surface area contributed by atoms with Gasteiger partial charge in [-0.15, -0.1) is 22.7 Å². The first kappa shape index (κ1) is 53.8. The third kappa shape index (κ3) is 8.65. The van der Waals surface area contributed by atoms with Gasteiger partial charge in [0.05, 0.1) is 44.5 Å². The molecule has 5 heterocycles. The Morgan fingerprint density at radius 3 is 1.11 bits per heavy atom. The summed E-state index contributed by atoms with van der Waals surface area (Å²) in [6, 6.07) is 102. The minimum atomic E-state index is 0.619. The van der Waals surface area contributed by atoms with Crippen molar-refractivity contribution >= 4 is 146 Å². The Morgan fingerprint density at radius 2 is 0.663 bits per heavy atom. The smallest absolute Gasteiger partial charge is 0.160 e. The fraction of sp³-hybridized carbons (Fsp3) is 0.0353. The highest BCUT2D eigenvalue weighted by Gasteiger charge is 2.22. The molecule has 0 spiro atoms. The summed E-state index contributed by atoms with van der Waals surface area (Å²) in [7, 11) is 0. The van der Waals surface area contributed by atoms with E-state index in [1.165, 1.54) is 106 Å². The van der Waals surface area contributed by atoms with Crippen LogP contribution in [0.3, 0.4) is 0 Å². The molecule has 0 N–H and O–H groups in total. The molecule has 5 nitrogen and oxygen atoms in total. The molecule has 0 unspecified atom stereocenters. The number of hydrogen-bond acceptors (Lipinski definition) is 3. The molecule has 18 rings (SSSR count). The van der Waals surface area contributed by atoms with Crippen LogP contribution >= 0.6 is 22.7 Å². The normalized spacial score (nSPS) is 12.5. The summed E-state index contributed by atoms with van der Waals surface area (Å²) in [5.74, 6) is 0.619. The van der Waals surface area contributed by atoms with Crippen molar-refractivity contribution < 1.29 is 0 Å². The van der Waals surface area contributed by atoms with Crippen LogP contribution < -0.4 is 0 Å². The second-order valence-electron chi connectivity index (χ2n) is 24.3. The van der Waals surface area contributed by atoms with Gasteiger partial charge in [0.25, 0.3) is 0 Å². The molecular formula is C85H57N5S2. The highest BCUT2D eigenvalue weighted by Crippen LogP contribution is 2.45. The Bertz CT molecular complexity index is 5760. The molecule has 0 atom stereocenters. The van der Waals surface area contributed by atoms with Crippen LogP contribution in [-0.4, -0.2) is 25.2 Å². The van der Waals surface area contributed by atoms with E-state index in [-0.39, 0.29) is 0 Å². The van der Waals surface area contributed by atoms with Gasteiger partial charge in [-0.2, -0.15) is 0 Å². The van der Waals surface area contributed by atoms with Crippen molar-refractivity contribution in [2.24, 2.45) is 9.98 Å². The molecule has 0 amide bonds. The largest absolute Gasteiger partial charge is 0.309 e. The molecule has 434 valence electrons. The predicted molar refractivity (Wildman–Crippen MR) is 396 cm³/mol. The van der Waals surface area contributed by atoms with Crippen LogP contribution in [0.5, 0.6) is 0 Å². The SMILES string of the molecule is C=C(N=C(N=C(C)c1cc(C)c(-n2c3cc(-c4ccc5sc6ccc(-n7c8ccccc8c8ccccc87)cc6c5c4)ccc3c3ccc(-c4ccc5sc6ccc(-n7c8ccccc8c8ccccc87)cc6c5c4)cc32)c(C)c1)c1ccccc1)c1ccccc1. The minimum absolute atomic E-state index is 0.619. The molecule has 0 fully saturated rings. The van der Waals surface area contributed by atoms with Gasteiger partial charge in [0, 0.05) is 95.3 Å². The summed E-state index contributed by atoms with van der Waals surface area (Å²) in [6.07, 6.45) is 0. The number of nitrogens with zero attached hydrogens (tertiary/aromatic N) is 5. The number of aliphatic imine (C=N–C) groups is 2. The number of thiophene rings is 2. The average molecular weight is 1210 g/mol. The van der Waals surface area contributed by atoms with E-state index in [0.29, 0.717) is 11.5 Å². The Kier molecular flexibility index (Phi) is 12.4. The van der Waals surface area contributed by atoms with Gasteiger partial charge in [-0.1, -0.05) is 176 Å². The lowest BCUT2D eigenvalue weighted by Crippen LogP contribution is -2.07. The summed E-state index contributed by atoms with van der Waals surface area (Å²) >= 11 is 3.72. The van der Waals surface area contributed by atoms with E-state index in [4.69, 9.17) is 9.98 Å². The van der Waals surface area contributed by atoms with E-state index < -0.39 is 0 Å². The second-order valence-corrected chi connectivity index (χ2v) is 26.5. The predicted octanol–water partition coefficient (Wildman–Crippen LogP) is 23.6. The van der Waals surface area contributed by atoms with E-state index in [9.17, 15) is 0 Å². The van der Waals surface area contributed by atoms with Gasteiger partial charge < -0.3 is 13.7 Å². The van der Waals surface area contributed by atoms with Gasteiger partial charge in [0.15, 0.2) is 5.84 Å². The molecule has 5 aromatic heterocycles. The fourth-order valence-corrected chi connectivity index (χ4v) is 16.6. The van der Waals surface area contributed by atoms with Crippen LogP contribution in [0, 0.1) is 13.8 Å². The maximum absolute atomic E-state index is 5.30. The first-order valence-electron chi connectivity index (χ1n) is 31.3. The highest BCUT2D eigenvalue weighted by molar-refractivity contribution is 7.26. The molecular weight excluding hydrogens is 1160 g/mol. The van der Waals surface area contributed by atoms with Crippen molar-refractivity contribution in [3.63, 3.8) is 0 Å². The van der Waals surface area contributed by atoms with E-state index in [1.807, 2.05) is 71.2 Å². The van der Waals surface area contributed by atoms with Crippen molar-refractivity contribution in [1.82, 2.24) is 13.7 Å². The number of fused-ring (bicyclic) bond motifs is 15. The van der Waals surface area contributed by atoms with Crippen LogP contribution in [0.4, 0.5) is 0 Å². The number of aromatic nitrogens is 3. The molecule has 0 aliphatic carbocycles. The maximum atomic E-state index is 5.30. The molecule has 0 bridgehead atoms. The zero-order chi connectivity index (χ0) is 61.3.